The van der Waals surface area contributed by atoms with Crippen LogP contribution in [0, 0.1) is 0 Å². The van der Waals surface area contributed by atoms with Gasteiger partial charge in [0, 0.05) is 32.6 Å². The topological polar surface area (TPSA) is 110 Å². The molecule has 0 bridgehead atoms. The van der Waals surface area contributed by atoms with E-state index in [1.165, 1.54) is 5.06 Å². The minimum atomic E-state index is -0.970. The molecule has 4 rings (SSSR count). The SMILES string of the molecule is O=C1CCC(N2C(=O)c3cccc(N4CCN(O)CC4)c3C2=O)C(=O)N1. The second kappa shape index (κ2) is 6.19. The Morgan fingerprint density at radius 2 is 1.73 bits per heavy atom. The van der Waals surface area contributed by atoms with Gasteiger partial charge in [0.1, 0.15) is 6.04 Å². The standard InChI is InChI=1S/C17H18N4O5/c22-13-5-4-12(15(23)18-13)21-16(24)10-2-1-3-11(14(10)17(21)25)19-6-8-20(26)9-7-19/h1-3,12,26H,4-9H2,(H,18,22,23). The van der Waals surface area contributed by atoms with Crippen LogP contribution in [0.5, 0.6) is 0 Å². The number of benzene rings is 1. The lowest BCUT2D eigenvalue weighted by atomic mass is 10.0. The lowest BCUT2D eigenvalue weighted by Crippen LogP contribution is -2.54. The number of fused-ring (bicyclic) bond motifs is 1. The summed E-state index contributed by atoms with van der Waals surface area (Å²) in [6.07, 6.45) is 0.226. The van der Waals surface area contributed by atoms with Gasteiger partial charge in [-0.25, -0.2) is 0 Å². The van der Waals surface area contributed by atoms with E-state index in [4.69, 9.17) is 0 Å². The minimum absolute atomic E-state index is 0.0924. The first-order chi connectivity index (χ1) is 12.5. The van der Waals surface area contributed by atoms with E-state index in [0.29, 0.717) is 31.9 Å². The number of carbonyl (C=O) groups excluding carboxylic acids is 4. The van der Waals surface area contributed by atoms with Gasteiger partial charge in [-0.05, 0) is 18.6 Å². The molecule has 9 heteroatoms. The summed E-state index contributed by atoms with van der Waals surface area (Å²) in [5.74, 6) is -2.04. The molecule has 0 aromatic heterocycles. The van der Waals surface area contributed by atoms with Crippen molar-refractivity contribution in [3.05, 3.63) is 29.3 Å². The molecule has 4 amide bonds. The number of hydroxylamine groups is 2. The van der Waals surface area contributed by atoms with Crippen LogP contribution < -0.4 is 10.2 Å². The molecule has 2 N–H and O–H groups in total. The zero-order valence-corrected chi connectivity index (χ0v) is 14.0. The fourth-order valence-electron chi connectivity index (χ4n) is 3.70. The first-order valence-corrected chi connectivity index (χ1v) is 8.50. The summed E-state index contributed by atoms with van der Waals surface area (Å²) in [4.78, 5) is 52.2. The van der Waals surface area contributed by atoms with E-state index in [2.05, 4.69) is 5.32 Å². The van der Waals surface area contributed by atoms with E-state index in [9.17, 15) is 24.4 Å². The lowest BCUT2D eigenvalue weighted by molar-refractivity contribution is -0.136. The van der Waals surface area contributed by atoms with Crippen molar-refractivity contribution in [3.63, 3.8) is 0 Å². The van der Waals surface area contributed by atoms with Gasteiger partial charge < -0.3 is 10.1 Å². The highest BCUT2D eigenvalue weighted by atomic mass is 16.5. The Labute approximate surface area is 149 Å². The number of hydrogen-bond donors (Lipinski definition) is 2. The molecule has 1 unspecified atom stereocenters. The average Bonchev–Trinajstić information content (AvgIpc) is 2.87. The molecule has 1 aromatic carbocycles. The fraction of sp³-hybridized carbons (Fsp3) is 0.412. The van der Waals surface area contributed by atoms with Crippen LogP contribution in [0.25, 0.3) is 0 Å². The third kappa shape index (κ3) is 2.56. The van der Waals surface area contributed by atoms with Gasteiger partial charge in [-0.2, -0.15) is 5.06 Å². The highest BCUT2D eigenvalue weighted by Crippen LogP contribution is 2.34. The first-order valence-electron chi connectivity index (χ1n) is 8.50. The molecular formula is C17H18N4O5. The third-order valence-corrected chi connectivity index (χ3v) is 5.04. The van der Waals surface area contributed by atoms with Crippen molar-refractivity contribution in [3.8, 4) is 0 Å². The fourth-order valence-corrected chi connectivity index (χ4v) is 3.70. The maximum absolute atomic E-state index is 13.0. The Balaban J connectivity index is 1.67. The van der Waals surface area contributed by atoms with Gasteiger partial charge in [-0.1, -0.05) is 6.07 Å². The number of amides is 4. The number of hydrogen-bond acceptors (Lipinski definition) is 7. The largest absolute Gasteiger partial charge is 0.368 e. The molecule has 2 saturated heterocycles. The average molecular weight is 358 g/mol. The van der Waals surface area contributed by atoms with Gasteiger partial charge >= 0.3 is 0 Å². The number of carbonyl (C=O) groups is 4. The summed E-state index contributed by atoms with van der Waals surface area (Å²) in [6, 6.07) is 4.08. The van der Waals surface area contributed by atoms with E-state index < -0.39 is 29.7 Å². The van der Waals surface area contributed by atoms with E-state index in [1.807, 2.05) is 4.90 Å². The van der Waals surface area contributed by atoms with E-state index in [-0.39, 0.29) is 24.0 Å². The monoisotopic (exact) mass is 358 g/mol. The maximum atomic E-state index is 13.0. The van der Waals surface area contributed by atoms with Crippen LogP contribution in [0.1, 0.15) is 33.6 Å². The molecule has 136 valence electrons. The van der Waals surface area contributed by atoms with Crippen LogP contribution in [0.15, 0.2) is 18.2 Å². The van der Waals surface area contributed by atoms with E-state index in [0.717, 1.165) is 4.90 Å². The van der Waals surface area contributed by atoms with Gasteiger partial charge in [-0.3, -0.25) is 29.4 Å². The molecule has 9 nitrogen and oxygen atoms in total. The molecule has 0 spiro atoms. The molecule has 26 heavy (non-hydrogen) atoms. The molecule has 0 saturated carbocycles. The number of piperidine rings is 1. The van der Waals surface area contributed by atoms with Gasteiger partial charge in [0.05, 0.1) is 16.8 Å². The second-order valence-corrected chi connectivity index (χ2v) is 6.59. The van der Waals surface area contributed by atoms with Crippen LogP contribution >= 0.6 is 0 Å². The first kappa shape index (κ1) is 16.7. The molecule has 3 heterocycles. The lowest BCUT2D eigenvalue weighted by Gasteiger charge is -2.33. The Bertz CT molecular complexity index is 815. The normalized spacial score (nSPS) is 24.1. The van der Waals surface area contributed by atoms with Crippen LogP contribution in [-0.2, 0) is 9.59 Å². The van der Waals surface area contributed by atoms with Crippen molar-refractivity contribution in [2.75, 3.05) is 31.1 Å². The van der Waals surface area contributed by atoms with Crippen LogP contribution in [0.2, 0.25) is 0 Å². The zero-order valence-electron chi connectivity index (χ0n) is 14.0. The predicted octanol–water partition coefficient (Wildman–Crippen LogP) is -0.401. The van der Waals surface area contributed by atoms with Crippen molar-refractivity contribution >= 4 is 29.3 Å². The van der Waals surface area contributed by atoms with Gasteiger partial charge in [0.25, 0.3) is 11.8 Å². The van der Waals surface area contributed by atoms with Crippen molar-refractivity contribution in [2.45, 2.75) is 18.9 Å². The summed E-state index contributed by atoms with van der Waals surface area (Å²) in [6.45, 7) is 1.91. The highest BCUT2D eigenvalue weighted by molar-refractivity contribution is 6.25. The molecule has 2 fully saturated rings. The Morgan fingerprint density at radius 1 is 1.00 bits per heavy atom. The quantitative estimate of drug-likeness (QED) is 0.692. The van der Waals surface area contributed by atoms with E-state index >= 15 is 0 Å². The van der Waals surface area contributed by atoms with Gasteiger partial charge in [0.2, 0.25) is 11.8 Å². The molecular weight excluding hydrogens is 340 g/mol. The van der Waals surface area contributed by atoms with Crippen LogP contribution in [-0.4, -0.2) is 71.0 Å². The molecule has 1 atom stereocenters. The van der Waals surface area contributed by atoms with E-state index in [1.54, 1.807) is 18.2 Å². The number of rotatable bonds is 2. The number of imide groups is 2. The number of piperazine rings is 1. The zero-order chi connectivity index (χ0) is 18.4. The van der Waals surface area contributed by atoms with Crippen molar-refractivity contribution in [1.29, 1.82) is 0 Å². The maximum Gasteiger partial charge on any atom is 0.264 e. The van der Waals surface area contributed by atoms with Crippen molar-refractivity contribution < 1.29 is 24.4 Å². The van der Waals surface area contributed by atoms with Crippen LogP contribution in [0.3, 0.4) is 0 Å². The van der Waals surface area contributed by atoms with Crippen LogP contribution in [0.4, 0.5) is 5.69 Å². The predicted molar refractivity (Wildman–Crippen MR) is 88.7 cm³/mol. The summed E-state index contributed by atoms with van der Waals surface area (Å²) in [5, 5.41) is 12.9. The van der Waals surface area contributed by atoms with Gasteiger partial charge in [0.15, 0.2) is 0 Å². The molecule has 1 aromatic rings. The summed E-state index contributed by atoms with van der Waals surface area (Å²) < 4.78 is 0. The van der Waals surface area contributed by atoms with Crippen molar-refractivity contribution in [1.82, 2.24) is 15.3 Å². The number of anilines is 1. The Morgan fingerprint density at radius 3 is 2.42 bits per heavy atom. The molecule has 0 radical (unpaired) electrons. The minimum Gasteiger partial charge on any atom is -0.368 e. The number of nitrogens with one attached hydrogen (secondary N) is 1. The summed E-state index contributed by atoms with van der Waals surface area (Å²) >= 11 is 0. The highest BCUT2D eigenvalue weighted by Gasteiger charge is 2.46. The Hall–Kier alpha value is -2.78. The number of nitrogens with zero attached hydrogens (tertiary/aromatic N) is 3. The molecule has 3 aliphatic rings. The molecule has 0 aliphatic carbocycles. The summed E-state index contributed by atoms with van der Waals surface area (Å²) in [5.41, 5.74) is 1.18. The smallest absolute Gasteiger partial charge is 0.264 e. The Kier molecular flexibility index (Phi) is 3.97. The third-order valence-electron chi connectivity index (χ3n) is 5.04. The van der Waals surface area contributed by atoms with Crippen molar-refractivity contribution in [2.24, 2.45) is 0 Å². The molecule has 3 aliphatic heterocycles. The van der Waals surface area contributed by atoms with Gasteiger partial charge in [-0.15, -0.1) is 0 Å². The second-order valence-electron chi connectivity index (χ2n) is 6.59. The summed E-state index contributed by atoms with van der Waals surface area (Å²) in [7, 11) is 0.